The first-order valence-electron chi connectivity index (χ1n) is 27.9. The second-order valence-electron chi connectivity index (χ2n) is 21.4. The van der Waals surface area contributed by atoms with Gasteiger partial charge in [0.05, 0.1) is 81.8 Å². The van der Waals surface area contributed by atoms with Crippen molar-refractivity contribution in [2.75, 3.05) is 101 Å². The van der Waals surface area contributed by atoms with Crippen LogP contribution in [0.1, 0.15) is 89.4 Å². The van der Waals surface area contributed by atoms with Gasteiger partial charge in [-0.2, -0.15) is 0 Å². The molecule has 19 heteroatoms. The topological polar surface area (TPSA) is 171 Å². The number of ketones is 1. The molecule has 17 nitrogen and oxygen atoms in total. The molecular weight excluding hydrogens is 1080 g/mol. The van der Waals surface area contributed by atoms with Crippen LogP contribution in [0.3, 0.4) is 0 Å². The molecule has 0 fully saturated rings. The maximum Gasteiger partial charge on any atom is 0.261 e. The zero-order valence-electron chi connectivity index (χ0n) is 48.0. The lowest BCUT2D eigenvalue weighted by Gasteiger charge is -2.30. The van der Waals surface area contributed by atoms with E-state index < -0.39 is 0 Å². The summed E-state index contributed by atoms with van der Waals surface area (Å²) in [6.07, 6.45) is 7.32. The second-order valence-corrected chi connectivity index (χ2v) is 24.5. The molecular formula is C63H74N6O11S2. The van der Waals surface area contributed by atoms with Crippen molar-refractivity contribution in [3.63, 3.8) is 0 Å². The van der Waals surface area contributed by atoms with E-state index in [-0.39, 0.29) is 53.5 Å². The fourth-order valence-corrected chi connectivity index (χ4v) is 13.3. The van der Waals surface area contributed by atoms with Gasteiger partial charge in [0.2, 0.25) is 5.91 Å². The summed E-state index contributed by atoms with van der Waals surface area (Å²) in [5, 5.41) is 0. The van der Waals surface area contributed by atoms with Gasteiger partial charge in [0.15, 0.2) is 23.0 Å². The van der Waals surface area contributed by atoms with Crippen molar-refractivity contribution >= 4 is 86.0 Å². The number of anilines is 3. The number of para-hydroxylation sites is 2. The first kappa shape index (κ1) is 59.7. The number of carbonyl (C=O) groups excluding carboxylic acids is 4. The van der Waals surface area contributed by atoms with Crippen molar-refractivity contribution in [3.05, 3.63) is 124 Å². The summed E-state index contributed by atoms with van der Waals surface area (Å²) in [6.45, 7) is 9.86. The van der Waals surface area contributed by atoms with Crippen LogP contribution in [0.15, 0.2) is 101 Å². The van der Waals surface area contributed by atoms with Gasteiger partial charge >= 0.3 is 0 Å². The van der Waals surface area contributed by atoms with Gasteiger partial charge in [0, 0.05) is 112 Å². The largest absolute Gasteiger partial charge is 0.493 e. The molecule has 82 heavy (non-hydrogen) atoms. The number of ether oxygens (including phenoxy) is 7. The molecule has 4 aliphatic heterocycles. The Morgan fingerprint density at radius 1 is 0.659 bits per heavy atom. The van der Waals surface area contributed by atoms with Crippen LogP contribution in [0.25, 0.3) is 0 Å². The number of rotatable bonds is 30. The molecule has 0 radical (unpaired) electrons. The lowest BCUT2D eigenvalue weighted by atomic mass is 10.1. The van der Waals surface area contributed by atoms with Crippen LogP contribution >= 0.6 is 21.6 Å². The Morgan fingerprint density at radius 3 is 1.73 bits per heavy atom. The first-order valence-corrected chi connectivity index (χ1v) is 30.2. The number of amides is 3. The van der Waals surface area contributed by atoms with Crippen LogP contribution in [-0.2, 0) is 49.9 Å². The molecule has 4 heterocycles. The zero-order chi connectivity index (χ0) is 57.8. The van der Waals surface area contributed by atoms with E-state index in [9.17, 15) is 19.2 Å². The van der Waals surface area contributed by atoms with Crippen LogP contribution < -0.4 is 33.6 Å². The van der Waals surface area contributed by atoms with E-state index in [1.807, 2.05) is 79.0 Å². The Labute approximate surface area is 489 Å². The Bertz CT molecular complexity index is 3010. The van der Waals surface area contributed by atoms with E-state index in [4.69, 9.17) is 43.1 Å². The quantitative estimate of drug-likeness (QED) is 0.0314. The van der Waals surface area contributed by atoms with E-state index in [1.165, 1.54) is 0 Å². The van der Waals surface area contributed by atoms with E-state index in [0.717, 1.165) is 51.5 Å². The average Bonchev–Trinajstić information content (AvgIpc) is 4.19. The molecule has 0 saturated carbocycles. The minimum absolute atomic E-state index is 0.0489. The molecule has 0 saturated heterocycles. The number of nitrogens with zero attached hydrogens (tertiary/aromatic N) is 6. The summed E-state index contributed by atoms with van der Waals surface area (Å²) in [5.74, 6) is 2.41. The number of Topliss-reactive ketones (excluding diaryl/α,β-unsaturated/α-hetero) is 1. The third-order valence-corrected chi connectivity index (χ3v) is 18.0. The predicted octanol–water partition coefficient (Wildman–Crippen LogP) is 10.7. The third-order valence-electron chi connectivity index (χ3n) is 14.7. The van der Waals surface area contributed by atoms with Gasteiger partial charge in [-0.15, -0.1) is 0 Å². The highest BCUT2D eigenvalue weighted by Gasteiger charge is 2.38. The lowest BCUT2D eigenvalue weighted by Crippen LogP contribution is -2.38. The molecule has 5 aromatic carbocycles. The van der Waals surface area contributed by atoms with Gasteiger partial charge in [-0.3, -0.25) is 34.2 Å². The number of methoxy groups -OCH3 is 3. The van der Waals surface area contributed by atoms with Crippen LogP contribution in [0.5, 0.6) is 23.0 Å². The maximum absolute atomic E-state index is 14.3. The Hall–Kier alpha value is -6.90. The highest BCUT2D eigenvalue weighted by Crippen LogP contribution is 2.44. The first-order chi connectivity index (χ1) is 39.7. The monoisotopic (exact) mass is 1150 g/mol. The number of benzene rings is 5. The Morgan fingerprint density at radius 2 is 1.20 bits per heavy atom. The summed E-state index contributed by atoms with van der Waals surface area (Å²) in [6, 6.07) is 28.5. The third kappa shape index (κ3) is 14.6. The summed E-state index contributed by atoms with van der Waals surface area (Å²) in [4.78, 5) is 71.1. The smallest absolute Gasteiger partial charge is 0.261 e. The summed E-state index contributed by atoms with van der Waals surface area (Å²) >= 11 is 0. The van der Waals surface area contributed by atoms with Crippen LogP contribution in [0.2, 0.25) is 0 Å². The van der Waals surface area contributed by atoms with E-state index in [0.29, 0.717) is 130 Å². The van der Waals surface area contributed by atoms with Crippen LogP contribution in [0, 0.1) is 0 Å². The normalized spacial score (nSPS) is 15.6. The van der Waals surface area contributed by atoms with E-state index in [2.05, 4.69) is 30.9 Å². The van der Waals surface area contributed by atoms with Crippen molar-refractivity contribution in [1.82, 2.24) is 4.90 Å². The van der Waals surface area contributed by atoms with Gasteiger partial charge < -0.3 is 47.8 Å². The molecule has 3 amide bonds. The van der Waals surface area contributed by atoms with Crippen molar-refractivity contribution in [1.29, 1.82) is 0 Å². The molecule has 434 valence electrons. The number of aliphatic imine (C=N–C) groups is 2. The number of hydrogen-bond donors (Lipinski definition) is 0. The maximum atomic E-state index is 14.3. The Balaban J connectivity index is 0.973. The van der Waals surface area contributed by atoms with E-state index in [1.54, 1.807) is 83.9 Å². The molecule has 4 aliphatic rings. The van der Waals surface area contributed by atoms with E-state index >= 15 is 0 Å². The molecule has 0 unspecified atom stereocenters. The van der Waals surface area contributed by atoms with Gasteiger partial charge in [-0.25, -0.2) is 0 Å². The molecule has 0 spiro atoms. The molecule has 0 bridgehead atoms. The predicted molar refractivity (Wildman–Crippen MR) is 326 cm³/mol. The molecule has 2 atom stereocenters. The minimum atomic E-state index is -0.217. The van der Waals surface area contributed by atoms with Crippen molar-refractivity contribution in [2.45, 2.75) is 89.3 Å². The number of hydrogen-bond acceptors (Lipinski definition) is 16. The minimum Gasteiger partial charge on any atom is -0.493 e. The highest BCUT2D eigenvalue weighted by molar-refractivity contribution is 8.77. The molecule has 0 N–H and O–H groups in total. The van der Waals surface area contributed by atoms with Crippen molar-refractivity contribution in [3.8, 4) is 23.0 Å². The highest BCUT2D eigenvalue weighted by atomic mass is 33.1. The van der Waals surface area contributed by atoms with Gasteiger partial charge in [-0.05, 0) is 98.3 Å². The SMILES string of the molecule is COCCOCCOCCN(CCCC(=O)N(C)CC(C)(C)SSCCCC(C)=O)c1cc(COc2cc3c(cc2OC)C(=O)N2c4ccccc4C[C@H]2C=N3)cc(COc2cc3c(cc2OC)C(=O)N2c4ccccc4C[C@H]2C=N3)c1. The lowest BCUT2D eigenvalue weighted by molar-refractivity contribution is -0.130. The number of carbonyl (C=O) groups is 4. The van der Waals surface area contributed by atoms with Gasteiger partial charge in [0.25, 0.3) is 11.8 Å². The average molecular weight is 1160 g/mol. The standard InChI is InChI=1S/C63H74N6O11S2/c1-42(70)14-13-27-81-82-63(2,3)41-66(4)60(71)19-12-20-67(21-22-77-25-26-78-24-23-74-5)47-29-43(39-79-58-35-52-50(33-56(58)75-6)61(72)68-48(37-64-52)31-45-15-8-10-17-54(45)68)28-44(30-47)40-80-59-36-53-51(34-57(59)76-7)62(73)69-49(38-65-53)32-46-16-9-11-18-55(46)69/h8-11,15-18,28-30,33-38,48-49H,12-14,19-27,31-32,39-41H2,1-7H3/t48-,49-/m0/s1. The fourth-order valence-electron chi connectivity index (χ4n) is 10.7. The summed E-state index contributed by atoms with van der Waals surface area (Å²) in [5.41, 5.74) is 8.22. The Kier molecular flexibility index (Phi) is 20.3. The van der Waals surface area contributed by atoms with Crippen molar-refractivity contribution < 1.29 is 52.3 Å². The second kappa shape index (κ2) is 27.9. The molecule has 9 rings (SSSR count). The van der Waals surface area contributed by atoms with Crippen LogP contribution in [-0.4, -0.2) is 144 Å². The fraction of sp³-hybridized carbons (Fsp3) is 0.429. The molecule has 0 aliphatic carbocycles. The van der Waals surface area contributed by atoms with Gasteiger partial charge in [0.1, 0.15) is 19.0 Å². The molecule has 5 aromatic rings. The summed E-state index contributed by atoms with van der Waals surface area (Å²) < 4.78 is 41.8. The van der Waals surface area contributed by atoms with Gasteiger partial charge in [-0.1, -0.05) is 58.0 Å². The molecule has 0 aromatic heterocycles. The number of fused-ring (bicyclic) bond motifs is 8. The van der Waals surface area contributed by atoms with Crippen LogP contribution in [0.4, 0.5) is 28.4 Å². The zero-order valence-corrected chi connectivity index (χ0v) is 49.6. The summed E-state index contributed by atoms with van der Waals surface area (Å²) in [7, 11) is 10.1. The van der Waals surface area contributed by atoms with Crippen molar-refractivity contribution in [2.24, 2.45) is 9.98 Å².